The molecule has 0 aliphatic carbocycles. The third-order valence-electron chi connectivity index (χ3n) is 3.24. The summed E-state index contributed by atoms with van der Waals surface area (Å²) >= 11 is 22.9. The molecule has 0 aliphatic rings. The summed E-state index contributed by atoms with van der Waals surface area (Å²) in [5.74, 6) is 0.582. The monoisotopic (exact) mass is 594 g/mol. The number of halogens is 5. The minimum Gasteiger partial charge on any atom is -0.392 e. The minimum atomic E-state index is -0.462. The lowest BCUT2D eigenvalue weighted by Gasteiger charge is -2.17. The summed E-state index contributed by atoms with van der Waals surface area (Å²) in [6.45, 7) is 7.00. The molecule has 0 fully saturated rings. The van der Waals surface area contributed by atoms with Crippen molar-refractivity contribution in [1.82, 2.24) is 19.9 Å². The smallest absolute Gasteiger partial charge is 0.224 e. The average molecular weight is 598 g/mol. The molecule has 0 aliphatic heterocycles. The number of aromatic nitrogens is 4. The highest BCUT2D eigenvalue weighted by molar-refractivity contribution is 9.11. The Morgan fingerprint density at radius 2 is 1.34 bits per heavy atom. The summed E-state index contributed by atoms with van der Waals surface area (Å²) in [6, 6.07) is -0.192. The molecule has 0 saturated heterocycles. The largest absolute Gasteiger partial charge is 0.392 e. The molecule has 0 amide bonds. The zero-order valence-corrected chi connectivity index (χ0v) is 21.6. The number of anilines is 1. The first-order chi connectivity index (χ1) is 13.3. The Balaban J connectivity index is 0.000000448. The van der Waals surface area contributed by atoms with Crippen LogP contribution in [0.25, 0.3) is 0 Å². The van der Waals surface area contributed by atoms with Gasteiger partial charge in [-0.1, -0.05) is 11.6 Å². The number of hydrogen-bond acceptors (Lipinski definition) is 8. The summed E-state index contributed by atoms with van der Waals surface area (Å²) in [7, 11) is 0. The van der Waals surface area contributed by atoms with Crippen LogP contribution >= 0.6 is 66.7 Å². The molecule has 2 heterocycles. The number of aliphatic hydroxyl groups is 2. The van der Waals surface area contributed by atoms with Gasteiger partial charge in [0.15, 0.2) is 0 Å². The standard InChI is InChI=1S/C8H11BrClN3O.C4HBrCl2N2.C4H11NO/c1-4(5(2)14)12-7-6(9)3-11-8(10)13-7;5-2-1-8-4(7)9-3(2)6;1-3(5)4(2)6/h3-5,14H,1-2H3,(H,11,12,13);1H;3-4,6H,5H2,1-2H3/t4-,5-;;3-,4-/m1.1/s1. The molecule has 8 nitrogen and oxygen atoms in total. The summed E-state index contributed by atoms with van der Waals surface area (Å²) < 4.78 is 1.36. The first kappa shape index (κ1) is 28.7. The molecule has 0 bridgehead atoms. The van der Waals surface area contributed by atoms with Gasteiger partial charge < -0.3 is 21.3 Å². The number of hydrogen-bond donors (Lipinski definition) is 4. The topological polar surface area (TPSA) is 130 Å². The predicted molar refractivity (Wildman–Crippen MR) is 125 cm³/mol. The Morgan fingerprint density at radius 1 is 0.897 bits per heavy atom. The number of nitrogens with zero attached hydrogens (tertiary/aromatic N) is 4. The van der Waals surface area contributed by atoms with Gasteiger partial charge in [-0.05, 0) is 82.8 Å². The Labute approximate surface area is 201 Å². The number of aliphatic hydroxyl groups excluding tert-OH is 2. The van der Waals surface area contributed by atoms with Crippen molar-refractivity contribution in [3.05, 3.63) is 37.1 Å². The molecular formula is C16H23Br2Cl3N6O2. The van der Waals surface area contributed by atoms with Crippen LogP contribution in [0.3, 0.4) is 0 Å². The maximum absolute atomic E-state index is 9.29. The Morgan fingerprint density at radius 3 is 1.72 bits per heavy atom. The van der Waals surface area contributed by atoms with Crippen LogP contribution in [0.4, 0.5) is 5.82 Å². The van der Waals surface area contributed by atoms with Gasteiger partial charge in [-0.15, -0.1) is 0 Å². The van der Waals surface area contributed by atoms with Gasteiger partial charge in [0.1, 0.15) is 11.0 Å². The highest BCUT2D eigenvalue weighted by Crippen LogP contribution is 2.21. The summed E-state index contributed by atoms with van der Waals surface area (Å²) in [6.07, 6.45) is 2.23. The summed E-state index contributed by atoms with van der Waals surface area (Å²) in [5, 5.41) is 21.5. The quantitative estimate of drug-likeness (QED) is 0.303. The van der Waals surface area contributed by atoms with Crippen LogP contribution in [0.1, 0.15) is 27.7 Å². The van der Waals surface area contributed by atoms with Crippen molar-refractivity contribution in [2.45, 2.75) is 52.0 Å². The molecule has 2 aromatic heterocycles. The maximum Gasteiger partial charge on any atom is 0.224 e. The molecule has 29 heavy (non-hydrogen) atoms. The van der Waals surface area contributed by atoms with Gasteiger partial charge in [0, 0.05) is 18.4 Å². The molecule has 0 saturated carbocycles. The van der Waals surface area contributed by atoms with E-state index in [0.29, 0.717) is 15.4 Å². The molecule has 5 N–H and O–H groups in total. The molecule has 0 spiro atoms. The van der Waals surface area contributed by atoms with E-state index in [2.05, 4.69) is 57.1 Å². The molecular weight excluding hydrogens is 574 g/mol. The molecule has 0 radical (unpaired) electrons. The fourth-order valence-corrected chi connectivity index (χ4v) is 2.04. The van der Waals surface area contributed by atoms with E-state index < -0.39 is 6.10 Å². The van der Waals surface area contributed by atoms with Gasteiger partial charge in [-0.3, -0.25) is 0 Å². The predicted octanol–water partition coefficient (Wildman–Crippen LogP) is 4.33. The van der Waals surface area contributed by atoms with E-state index in [1.807, 2.05) is 6.92 Å². The van der Waals surface area contributed by atoms with Crippen molar-refractivity contribution in [2.75, 3.05) is 5.32 Å². The van der Waals surface area contributed by atoms with Gasteiger partial charge in [-0.2, -0.15) is 4.98 Å². The first-order valence-corrected chi connectivity index (χ1v) is 11.0. The Kier molecular flexibility index (Phi) is 14.5. The van der Waals surface area contributed by atoms with E-state index in [1.54, 1.807) is 27.0 Å². The molecule has 164 valence electrons. The zero-order chi connectivity index (χ0) is 22.7. The van der Waals surface area contributed by atoms with Crippen molar-refractivity contribution in [3.63, 3.8) is 0 Å². The van der Waals surface area contributed by atoms with Crippen LogP contribution in [0.15, 0.2) is 21.3 Å². The van der Waals surface area contributed by atoms with Crippen LogP contribution in [-0.2, 0) is 0 Å². The number of nitrogens with two attached hydrogens (primary N) is 1. The highest BCUT2D eigenvalue weighted by Gasteiger charge is 2.11. The lowest BCUT2D eigenvalue weighted by molar-refractivity contribution is 0.170. The van der Waals surface area contributed by atoms with Crippen LogP contribution in [0.5, 0.6) is 0 Å². The second kappa shape index (κ2) is 14.6. The minimum absolute atomic E-state index is 0.0926. The van der Waals surface area contributed by atoms with Crippen molar-refractivity contribution in [3.8, 4) is 0 Å². The lowest BCUT2D eigenvalue weighted by Crippen LogP contribution is -2.28. The van der Waals surface area contributed by atoms with Gasteiger partial charge in [0.05, 0.1) is 27.2 Å². The molecule has 2 rings (SSSR count). The molecule has 4 atom stereocenters. The van der Waals surface area contributed by atoms with Gasteiger partial charge in [0.2, 0.25) is 10.6 Å². The summed E-state index contributed by atoms with van der Waals surface area (Å²) in [4.78, 5) is 15.1. The summed E-state index contributed by atoms with van der Waals surface area (Å²) in [5.41, 5.74) is 5.19. The van der Waals surface area contributed by atoms with E-state index in [-0.39, 0.29) is 28.8 Å². The van der Waals surface area contributed by atoms with Crippen molar-refractivity contribution in [2.24, 2.45) is 5.73 Å². The van der Waals surface area contributed by atoms with E-state index in [4.69, 9.17) is 45.6 Å². The van der Waals surface area contributed by atoms with Gasteiger partial charge in [0.25, 0.3) is 0 Å². The zero-order valence-electron chi connectivity index (χ0n) is 16.1. The molecule has 0 aromatic carbocycles. The molecule has 13 heteroatoms. The van der Waals surface area contributed by atoms with E-state index in [1.165, 1.54) is 6.20 Å². The normalized spacial score (nSPS) is 14.3. The lowest BCUT2D eigenvalue weighted by atomic mass is 10.2. The van der Waals surface area contributed by atoms with Crippen molar-refractivity contribution >= 4 is 72.5 Å². The van der Waals surface area contributed by atoms with E-state index >= 15 is 0 Å². The van der Waals surface area contributed by atoms with Crippen LogP contribution in [0, 0.1) is 0 Å². The van der Waals surface area contributed by atoms with Crippen molar-refractivity contribution < 1.29 is 10.2 Å². The SMILES string of the molecule is C[C@@H](N)[C@@H](C)O.C[C@@H](O)[C@@H](C)Nc1nc(Cl)ncc1Br.Clc1ncc(Br)c(Cl)n1. The highest BCUT2D eigenvalue weighted by atomic mass is 79.9. The van der Waals surface area contributed by atoms with Crippen LogP contribution in [0.2, 0.25) is 15.7 Å². The number of nitrogens with one attached hydrogen (secondary N) is 1. The fourth-order valence-electron chi connectivity index (χ4n) is 1.11. The molecule has 2 aromatic rings. The molecule has 0 unspecified atom stereocenters. The Hall–Kier alpha value is -0.330. The fraction of sp³-hybridized carbons (Fsp3) is 0.500. The van der Waals surface area contributed by atoms with Gasteiger partial charge >= 0.3 is 0 Å². The maximum atomic E-state index is 9.29. The van der Waals surface area contributed by atoms with Crippen molar-refractivity contribution in [1.29, 1.82) is 0 Å². The second-order valence-corrected chi connectivity index (χ2v) is 8.63. The van der Waals surface area contributed by atoms with Crippen LogP contribution < -0.4 is 11.1 Å². The Bertz CT molecular complexity index is 751. The second-order valence-electron chi connectivity index (χ2n) is 5.89. The van der Waals surface area contributed by atoms with E-state index in [9.17, 15) is 5.11 Å². The van der Waals surface area contributed by atoms with E-state index in [0.717, 1.165) is 4.47 Å². The number of rotatable bonds is 4. The first-order valence-electron chi connectivity index (χ1n) is 8.24. The van der Waals surface area contributed by atoms with Crippen LogP contribution in [-0.4, -0.2) is 54.4 Å². The third kappa shape index (κ3) is 12.8. The van der Waals surface area contributed by atoms with Gasteiger partial charge in [-0.25, -0.2) is 15.0 Å². The average Bonchev–Trinajstić information content (AvgIpc) is 2.62. The third-order valence-corrected chi connectivity index (χ3v) is 5.28.